The lowest BCUT2D eigenvalue weighted by Gasteiger charge is -2.25. The van der Waals surface area contributed by atoms with Crippen molar-refractivity contribution in [1.82, 2.24) is 0 Å². The molecule has 0 radical (unpaired) electrons. The molecule has 2 aliphatic rings. The fourth-order valence-electron chi connectivity index (χ4n) is 3.25. The monoisotopic (exact) mass is 190 g/mol. The number of fused-ring (bicyclic) bond motifs is 2. The molecule has 1 fully saturated rings. The molecule has 14 heavy (non-hydrogen) atoms. The van der Waals surface area contributed by atoms with Crippen LogP contribution in [0.1, 0.15) is 40.0 Å². The van der Waals surface area contributed by atoms with Gasteiger partial charge in [-0.3, -0.25) is 0 Å². The summed E-state index contributed by atoms with van der Waals surface area (Å²) in [4.78, 5) is 0. The standard InChI is InChI=1S/C14H22/c1-4-10(2)7-11(3)14-9-12-5-6-13(14)8-12/h4-6,11-14H,7-9H2,1-3H3. The molecule has 78 valence electrons. The average Bonchev–Trinajstić information content (AvgIpc) is 2.78. The van der Waals surface area contributed by atoms with E-state index in [1.54, 1.807) is 5.57 Å². The third kappa shape index (κ3) is 1.80. The highest BCUT2D eigenvalue weighted by Gasteiger charge is 2.38. The molecule has 0 aromatic rings. The molecule has 0 saturated heterocycles. The van der Waals surface area contributed by atoms with Crippen molar-refractivity contribution in [2.24, 2.45) is 23.7 Å². The Morgan fingerprint density at radius 2 is 2.21 bits per heavy atom. The van der Waals surface area contributed by atoms with Crippen LogP contribution >= 0.6 is 0 Å². The summed E-state index contributed by atoms with van der Waals surface area (Å²) in [7, 11) is 0. The second kappa shape index (κ2) is 3.92. The van der Waals surface area contributed by atoms with Gasteiger partial charge in [0.05, 0.1) is 0 Å². The van der Waals surface area contributed by atoms with Crippen molar-refractivity contribution in [1.29, 1.82) is 0 Å². The van der Waals surface area contributed by atoms with Gasteiger partial charge in [-0.15, -0.1) is 0 Å². The van der Waals surface area contributed by atoms with E-state index in [1.165, 1.54) is 19.3 Å². The predicted octanol–water partition coefficient (Wildman–Crippen LogP) is 4.19. The van der Waals surface area contributed by atoms with Gasteiger partial charge in [-0.05, 0) is 56.8 Å². The quantitative estimate of drug-likeness (QED) is 0.585. The van der Waals surface area contributed by atoms with Crippen LogP contribution in [0.3, 0.4) is 0 Å². The second-order valence-electron chi connectivity index (χ2n) is 5.26. The van der Waals surface area contributed by atoms with Gasteiger partial charge < -0.3 is 0 Å². The number of rotatable bonds is 3. The molecule has 0 N–H and O–H groups in total. The van der Waals surface area contributed by atoms with E-state index in [0.717, 1.165) is 23.7 Å². The molecule has 2 aliphatic carbocycles. The van der Waals surface area contributed by atoms with Crippen molar-refractivity contribution >= 4 is 0 Å². The zero-order valence-electron chi connectivity index (χ0n) is 9.66. The Kier molecular flexibility index (Phi) is 2.80. The molecule has 0 aliphatic heterocycles. The van der Waals surface area contributed by atoms with Crippen LogP contribution in [-0.2, 0) is 0 Å². The van der Waals surface area contributed by atoms with Gasteiger partial charge in [0.1, 0.15) is 0 Å². The Balaban J connectivity index is 1.93. The third-order valence-corrected chi connectivity index (χ3v) is 4.20. The maximum Gasteiger partial charge on any atom is -0.0197 e. The van der Waals surface area contributed by atoms with Crippen LogP contribution in [0, 0.1) is 23.7 Å². The summed E-state index contributed by atoms with van der Waals surface area (Å²) in [5, 5.41) is 0. The smallest absolute Gasteiger partial charge is 0.0197 e. The van der Waals surface area contributed by atoms with Gasteiger partial charge in [0, 0.05) is 0 Å². The van der Waals surface area contributed by atoms with E-state index in [9.17, 15) is 0 Å². The average molecular weight is 190 g/mol. The molecule has 1 saturated carbocycles. The molecule has 0 heteroatoms. The largest absolute Gasteiger partial charge is 0.0887 e. The summed E-state index contributed by atoms with van der Waals surface area (Å²) in [6.07, 6.45) is 11.4. The Bertz CT molecular complexity index is 259. The fourth-order valence-corrected chi connectivity index (χ4v) is 3.25. The first-order chi connectivity index (χ1) is 6.70. The summed E-state index contributed by atoms with van der Waals surface area (Å²) >= 11 is 0. The van der Waals surface area contributed by atoms with Crippen molar-refractivity contribution in [2.45, 2.75) is 40.0 Å². The minimum absolute atomic E-state index is 0.881. The van der Waals surface area contributed by atoms with Crippen LogP contribution in [0.25, 0.3) is 0 Å². The number of allylic oxidation sites excluding steroid dienone is 4. The summed E-state index contributed by atoms with van der Waals surface area (Å²) < 4.78 is 0. The van der Waals surface area contributed by atoms with Crippen LogP contribution in [0.5, 0.6) is 0 Å². The van der Waals surface area contributed by atoms with Crippen LogP contribution < -0.4 is 0 Å². The van der Waals surface area contributed by atoms with Gasteiger partial charge in [0.15, 0.2) is 0 Å². The Hall–Kier alpha value is -0.520. The van der Waals surface area contributed by atoms with E-state index in [-0.39, 0.29) is 0 Å². The van der Waals surface area contributed by atoms with E-state index >= 15 is 0 Å². The minimum atomic E-state index is 0.881. The number of hydrogen-bond acceptors (Lipinski definition) is 0. The van der Waals surface area contributed by atoms with Crippen LogP contribution in [0.2, 0.25) is 0 Å². The van der Waals surface area contributed by atoms with E-state index < -0.39 is 0 Å². The molecule has 0 aromatic heterocycles. The summed E-state index contributed by atoms with van der Waals surface area (Å²) in [6.45, 7) is 6.86. The first kappa shape index (κ1) is 10.0. The molecule has 4 atom stereocenters. The Morgan fingerprint density at radius 1 is 1.43 bits per heavy atom. The molecule has 2 rings (SSSR count). The Morgan fingerprint density at radius 3 is 2.71 bits per heavy atom. The molecule has 2 bridgehead atoms. The van der Waals surface area contributed by atoms with Crippen molar-refractivity contribution in [2.75, 3.05) is 0 Å². The first-order valence-corrected chi connectivity index (χ1v) is 6.00. The fraction of sp³-hybridized carbons (Fsp3) is 0.714. The van der Waals surface area contributed by atoms with Gasteiger partial charge >= 0.3 is 0 Å². The summed E-state index contributed by atoms with van der Waals surface area (Å²) in [5.41, 5.74) is 1.56. The summed E-state index contributed by atoms with van der Waals surface area (Å²) in [6, 6.07) is 0. The SMILES string of the molecule is CC=C(C)CC(C)C1CC2C=CC1C2. The maximum atomic E-state index is 2.47. The lowest BCUT2D eigenvalue weighted by molar-refractivity contribution is 0.306. The molecule has 0 heterocycles. The first-order valence-electron chi connectivity index (χ1n) is 6.00. The number of hydrogen-bond donors (Lipinski definition) is 0. The highest BCUT2D eigenvalue weighted by atomic mass is 14.4. The second-order valence-corrected chi connectivity index (χ2v) is 5.26. The molecular weight excluding hydrogens is 168 g/mol. The van der Waals surface area contributed by atoms with Gasteiger partial charge in [0.25, 0.3) is 0 Å². The third-order valence-electron chi connectivity index (χ3n) is 4.20. The van der Waals surface area contributed by atoms with Crippen molar-refractivity contribution < 1.29 is 0 Å². The van der Waals surface area contributed by atoms with Gasteiger partial charge in [0.2, 0.25) is 0 Å². The van der Waals surface area contributed by atoms with E-state index in [0.29, 0.717) is 0 Å². The molecule has 0 amide bonds. The van der Waals surface area contributed by atoms with Gasteiger partial charge in [-0.25, -0.2) is 0 Å². The lowest BCUT2D eigenvalue weighted by Crippen LogP contribution is -2.16. The van der Waals surface area contributed by atoms with Crippen LogP contribution in [0.15, 0.2) is 23.8 Å². The topological polar surface area (TPSA) is 0 Å². The Labute approximate surface area is 88.1 Å². The van der Waals surface area contributed by atoms with Crippen molar-refractivity contribution in [3.63, 3.8) is 0 Å². The molecule has 0 nitrogen and oxygen atoms in total. The highest BCUT2D eigenvalue weighted by molar-refractivity contribution is 5.11. The van der Waals surface area contributed by atoms with E-state index in [2.05, 4.69) is 39.0 Å². The summed E-state index contributed by atoms with van der Waals surface area (Å²) in [5.74, 6) is 3.70. The maximum absolute atomic E-state index is 2.47. The minimum Gasteiger partial charge on any atom is -0.0887 e. The van der Waals surface area contributed by atoms with E-state index in [1.807, 2.05) is 0 Å². The molecule has 0 aromatic carbocycles. The van der Waals surface area contributed by atoms with E-state index in [4.69, 9.17) is 0 Å². The highest BCUT2D eigenvalue weighted by Crippen LogP contribution is 2.47. The van der Waals surface area contributed by atoms with Crippen LogP contribution in [-0.4, -0.2) is 0 Å². The zero-order valence-corrected chi connectivity index (χ0v) is 9.66. The molecule has 4 unspecified atom stereocenters. The molecule has 0 spiro atoms. The zero-order chi connectivity index (χ0) is 10.1. The lowest BCUT2D eigenvalue weighted by atomic mass is 9.80. The predicted molar refractivity (Wildman–Crippen MR) is 62.1 cm³/mol. The van der Waals surface area contributed by atoms with Gasteiger partial charge in [-0.1, -0.05) is 30.7 Å². The van der Waals surface area contributed by atoms with Crippen molar-refractivity contribution in [3.8, 4) is 0 Å². The van der Waals surface area contributed by atoms with Gasteiger partial charge in [-0.2, -0.15) is 0 Å². The van der Waals surface area contributed by atoms with Crippen LogP contribution in [0.4, 0.5) is 0 Å². The normalized spacial score (nSPS) is 37.9. The molecular formula is C14H22. The van der Waals surface area contributed by atoms with Crippen molar-refractivity contribution in [3.05, 3.63) is 23.8 Å².